The summed E-state index contributed by atoms with van der Waals surface area (Å²) in [5, 5.41) is 0. The van der Waals surface area contributed by atoms with Gasteiger partial charge in [0.1, 0.15) is 11.5 Å². The summed E-state index contributed by atoms with van der Waals surface area (Å²) in [7, 11) is 3.37. The van der Waals surface area contributed by atoms with Crippen LogP contribution < -0.4 is 9.47 Å². The molecule has 1 aliphatic heterocycles. The summed E-state index contributed by atoms with van der Waals surface area (Å²) in [5.41, 5.74) is 11.7. The zero-order valence-electron chi connectivity index (χ0n) is 27.2. The second kappa shape index (κ2) is 12.4. The molecule has 3 heterocycles. The number of imide groups is 1. The molecule has 8 rings (SSSR count). The van der Waals surface area contributed by atoms with E-state index in [0.717, 1.165) is 69.1 Å². The lowest BCUT2D eigenvalue weighted by Gasteiger charge is -2.31. The van der Waals surface area contributed by atoms with E-state index in [9.17, 15) is 9.59 Å². The quantitative estimate of drug-likeness (QED) is 0.175. The number of hydrogen-bond donors (Lipinski definition) is 0. The van der Waals surface area contributed by atoms with Crippen LogP contribution in [0.2, 0.25) is 0 Å². The fourth-order valence-electron chi connectivity index (χ4n) is 7.70. The third-order valence-electron chi connectivity index (χ3n) is 9.94. The first-order chi connectivity index (χ1) is 23.5. The Kier molecular flexibility index (Phi) is 7.73. The van der Waals surface area contributed by atoms with Crippen molar-refractivity contribution >= 4 is 11.8 Å². The summed E-state index contributed by atoms with van der Waals surface area (Å²) >= 11 is 0. The van der Waals surface area contributed by atoms with Crippen molar-refractivity contribution in [3.8, 4) is 33.8 Å². The minimum absolute atomic E-state index is 0.192. The Morgan fingerprint density at radius 2 is 1.15 bits per heavy atom. The first-order valence-corrected chi connectivity index (χ1v) is 16.5. The third-order valence-corrected chi connectivity index (χ3v) is 9.94. The van der Waals surface area contributed by atoms with Crippen LogP contribution in [0.3, 0.4) is 0 Å². The monoisotopic (exact) mass is 636 g/mol. The van der Waals surface area contributed by atoms with Crippen LogP contribution in [-0.2, 0) is 38.8 Å². The Morgan fingerprint density at radius 1 is 0.646 bits per heavy atom. The standard InChI is InChI=1S/C40H36N4O4/c1-47-29-11-15-31-25(21-29)9-13-33-35(31)36-32-16-12-30(48-2)22-26(32)10-14-34(36)38-37(33)39(45)44(40(38)46)20-19-43(23-27-7-3-5-17-41-27)24-28-8-4-6-18-42-28/h3-8,11-12,15-18,21-22H,9-10,13-14,19-20,23-24H2,1-2H3. The van der Waals surface area contributed by atoms with Crippen molar-refractivity contribution in [1.29, 1.82) is 0 Å². The first kappa shape index (κ1) is 30.0. The molecule has 0 bridgehead atoms. The van der Waals surface area contributed by atoms with E-state index in [1.807, 2.05) is 48.5 Å². The number of aryl methyl sites for hydroxylation is 2. The maximum Gasteiger partial charge on any atom is 0.261 e. The molecule has 0 radical (unpaired) electrons. The van der Waals surface area contributed by atoms with Crippen LogP contribution in [0.25, 0.3) is 22.3 Å². The lowest BCUT2D eigenvalue weighted by Crippen LogP contribution is -2.38. The Balaban J connectivity index is 1.20. The predicted molar refractivity (Wildman–Crippen MR) is 183 cm³/mol. The van der Waals surface area contributed by atoms with Crippen molar-refractivity contribution in [3.05, 3.63) is 130 Å². The summed E-state index contributed by atoms with van der Waals surface area (Å²) in [6.07, 6.45) is 6.46. The van der Waals surface area contributed by atoms with Crippen LogP contribution in [0.15, 0.2) is 85.2 Å². The molecule has 2 amide bonds. The molecule has 0 fully saturated rings. The normalized spacial score (nSPS) is 14.3. The Bertz CT molecular complexity index is 1920. The molecule has 5 aromatic rings. The van der Waals surface area contributed by atoms with Gasteiger partial charge in [0, 0.05) is 38.6 Å². The van der Waals surface area contributed by atoms with Crippen LogP contribution in [-0.4, -0.2) is 58.9 Å². The SMILES string of the molecule is COc1ccc2c(c1)CCc1c3c(c4c(c1-2)-c1ccc(OC)cc1CC4)C(=O)N(CCN(Cc1ccccn1)Cc1ccccn1)C3=O. The summed E-state index contributed by atoms with van der Waals surface area (Å²) in [6.45, 7) is 1.92. The molecule has 8 nitrogen and oxygen atoms in total. The van der Waals surface area contributed by atoms with Gasteiger partial charge in [-0.25, -0.2) is 0 Å². The van der Waals surface area contributed by atoms with Gasteiger partial charge in [-0.2, -0.15) is 0 Å². The molecule has 48 heavy (non-hydrogen) atoms. The van der Waals surface area contributed by atoms with Gasteiger partial charge in [-0.05, 0) is 119 Å². The number of fused-ring (bicyclic) bond motifs is 10. The van der Waals surface area contributed by atoms with Gasteiger partial charge in [-0.3, -0.25) is 29.4 Å². The van der Waals surface area contributed by atoms with Gasteiger partial charge in [-0.1, -0.05) is 24.3 Å². The fourth-order valence-corrected chi connectivity index (χ4v) is 7.70. The Hall–Kier alpha value is -5.34. The number of carbonyl (C=O) groups is 2. The maximum absolute atomic E-state index is 14.5. The molecule has 8 heteroatoms. The van der Waals surface area contributed by atoms with Gasteiger partial charge in [0.25, 0.3) is 11.8 Å². The molecule has 0 unspecified atom stereocenters. The molecule has 0 saturated carbocycles. The van der Waals surface area contributed by atoms with Crippen molar-refractivity contribution in [3.63, 3.8) is 0 Å². The summed E-state index contributed by atoms with van der Waals surface area (Å²) in [5.74, 6) is 1.25. The molecular weight excluding hydrogens is 600 g/mol. The number of aromatic nitrogens is 2. The van der Waals surface area contributed by atoms with E-state index in [1.54, 1.807) is 26.6 Å². The average Bonchev–Trinajstić information content (AvgIpc) is 3.39. The van der Waals surface area contributed by atoms with Crippen molar-refractivity contribution in [1.82, 2.24) is 19.8 Å². The molecule has 2 aromatic heterocycles. The number of methoxy groups -OCH3 is 2. The Morgan fingerprint density at radius 3 is 1.58 bits per heavy atom. The van der Waals surface area contributed by atoms with Crippen LogP contribution in [0.4, 0.5) is 0 Å². The lowest BCUT2D eigenvalue weighted by molar-refractivity contribution is 0.0631. The smallest absolute Gasteiger partial charge is 0.261 e. The highest BCUT2D eigenvalue weighted by atomic mass is 16.5. The van der Waals surface area contributed by atoms with Gasteiger partial charge in [0.15, 0.2) is 0 Å². The second-order valence-corrected chi connectivity index (χ2v) is 12.6. The van der Waals surface area contributed by atoms with Crippen LogP contribution >= 0.6 is 0 Å². The minimum Gasteiger partial charge on any atom is -0.497 e. The van der Waals surface area contributed by atoms with Crippen LogP contribution in [0.1, 0.15) is 54.4 Å². The van der Waals surface area contributed by atoms with E-state index in [0.29, 0.717) is 43.6 Å². The predicted octanol–water partition coefficient (Wildman–Crippen LogP) is 6.32. The van der Waals surface area contributed by atoms with E-state index in [-0.39, 0.29) is 18.4 Å². The van der Waals surface area contributed by atoms with Crippen molar-refractivity contribution in [2.75, 3.05) is 27.3 Å². The molecule has 2 aliphatic carbocycles. The molecule has 0 saturated heterocycles. The average molecular weight is 637 g/mol. The number of nitrogens with zero attached hydrogens (tertiary/aromatic N) is 4. The molecule has 3 aromatic carbocycles. The molecule has 240 valence electrons. The minimum atomic E-state index is -0.192. The lowest BCUT2D eigenvalue weighted by atomic mass is 9.72. The maximum atomic E-state index is 14.5. The third kappa shape index (κ3) is 5.13. The highest BCUT2D eigenvalue weighted by molar-refractivity contribution is 6.25. The number of ether oxygens (including phenoxy) is 2. The number of carbonyl (C=O) groups excluding carboxylic acids is 2. The summed E-state index contributed by atoms with van der Waals surface area (Å²) < 4.78 is 11.1. The zero-order chi connectivity index (χ0) is 32.8. The van der Waals surface area contributed by atoms with E-state index in [2.05, 4.69) is 39.1 Å². The highest BCUT2D eigenvalue weighted by Gasteiger charge is 2.44. The number of hydrogen-bond acceptors (Lipinski definition) is 7. The first-order valence-electron chi connectivity index (χ1n) is 16.5. The van der Waals surface area contributed by atoms with E-state index >= 15 is 0 Å². The van der Waals surface area contributed by atoms with Crippen molar-refractivity contribution in [2.45, 2.75) is 38.8 Å². The molecule has 0 atom stereocenters. The largest absolute Gasteiger partial charge is 0.497 e. The van der Waals surface area contributed by atoms with Gasteiger partial charge >= 0.3 is 0 Å². The van der Waals surface area contributed by atoms with E-state index < -0.39 is 0 Å². The van der Waals surface area contributed by atoms with Gasteiger partial charge in [-0.15, -0.1) is 0 Å². The van der Waals surface area contributed by atoms with Gasteiger partial charge in [0.2, 0.25) is 0 Å². The summed E-state index contributed by atoms with van der Waals surface area (Å²) in [6, 6.07) is 24.1. The molecule has 0 N–H and O–H groups in total. The second-order valence-electron chi connectivity index (χ2n) is 12.6. The topological polar surface area (TPSA) is 84.9 Å². The summed E-state index contributed by atoms with van der Waals surface area (Å²) in [4.78, 5) is 41.7. The molecular formula is C40H36N4O4. The number of amides is 2. The fraction of sp³-hybridized carbons (Fsp3) is 0.250. The van der Waals surface area contributed by atoms with Crippen molar-refractivity contribution in [2.24, 2.45) is 0 Å². The van der Waals surface area contributed by atoms with Gasteiger partial charge in [0.05, 0.1) is 36.7 Å². The highest BCUT2D eigenvalue weighted by Crippen LogP contribution is 2.51. The van der Waals surface area contributed by atoms with Crippen LogP contribution in [0, 0.1) is 0 Å². The van der Waals surface area contributed by atoms with Gasteiger partial charge < -0.3 is 9.47 Å². The zero-order valence-corrected chi connectivity index (χ0v) is 27.2. The molecule has 3 aliphatic rings. The van der Waals surface area contributed by atoms with Crippen molar-refractivity contribution < 1.29 is 19.1 Å². The number of rotatable bonds is 9. The number of pyridine rings is 2. The van der Waals surface area contributed by atoms with E-state index in [1.165, 1.54) is 16.0 Å². The molecule has 0 spiro atoms. The van der Waals surface area contributed by atoms with Crippen LogP contribution in [0.5, 0.6) is 11.5 Å². The number of benzene rings is 3. The Labute approximate surface area is 280 Å². The van der Waals surface area contributed by atoms with E-state index in [4.69, 9.17) is 9.47 Å².